The van der Waals surface area contributed by atoms with Crippen LogP contribution >= 0.6 is 15.9 Å². The third kappa shape index (κ3) is 1.87. The summed E-state index contributed by atoms with van der Waals surface area (Å²) >= 11 is 3.60. The Kier molecular flexibility index (Phi) is 3.27. The van der Waals surface area contributed by atoms with Crippen molar-refractivity contribution in [1.82, 2.24) is 5.32 Å². The van der Waals surface area contributed by atoms with E-state index in [-0.39, 0.29) is 5.54 Å². The van der Waals surface area contributed by atoms with Gasteiger partial charge in [0.25, 0.3) is 0 Å². The van der Waals surface area contributed by atoms with E-state index in [0.29, 0.717) is 0 Å². The molecule has 1 aliphatic heterocycles. The van der Waals surface area contributed by atoms with Crippen molar-refractivity contribution in [3.8, 4) is 5.75 Å². The summed E-state index contributed by atoms with van der Waals surface area (Å²) in [5.41, 5.74) is 2.62. The van der Waals surface area contributed by atoms with Gasteiger partial charge in [-0.1, -0.05) is 15.9 Å². The molecule has 1 aromatic carbocycles. The molecule has 3 heteroatoms. The number of nitrogens with one attached hydrogen (secondary N) is 1. The molecule has 0 radical (unpaired) electrons. The number of hydrogen-bond acceptors (Lipinski definition) is 2. The van der Waals surface area contributed by atoms with E-state index in [4.69, 9.17) is 4.74 Å². The van der Waals surface area contributed by atoms with Crippen LogP contribution in [0.1, 0.15) is 30.9 Å². The average molecular weight is 284 g/mol. The van der Waals surface area contributed by atoms with Gasteiger partial charge in [0.1, 0.15) is 5.75 Å². The van der Waals surface area contributed by atoms with Crippen LogP contribution in [0.15, 0.2) is 16.6 Å². The Labute approximate surface area is 106 Å². The van der Waals surface area contributed by atoms with E-state index in [1.165, 1.54) is 24.0 Å². The van der Waals surface area contributed by atoms with Crippen LogP contribution in [0.25, 0.3) is 0 Å². The molecular formula is C13H18BrNO. The first kappa shape index (κ1) is 11.9. The van der Waals surface area contributed by atoms with Crippen molar-refractivity contribution < 1.29 is 4.74 Å². The predicted molar refractivity (Wildman–Crippen MR) is 70.0 cm³/mol. The van der Waals surface area contributed by atoms with Crippen LogP contribution < -0.4 is 10.1 Å². The SMILES string of the molecule is COc1ccc(Br)c(C)c1C1(C)CCCN1. The largest absolute Gasteiger partial charge is 0.496 e. The van der Waals surface area contributed by atoms with Crippen molar-refractivity contribution in [2.24, 2.45) is 0 Å². The minimum absolute atomic E-state index is 0.0548. The van der Waals surface area contributed by atoms with Crippen LogP contribution in [0.2, 0.25) is 0 Å². The molecular weight excluding hydrogens is 266 g/mol. The number of hydrogen-bond donors (Lipinski definition) is 1. The first-order valence-corrected chi connectivity index (χ1v) is 6.46. The van der Waals surface area contributed by atoms with E-state index < -0.39 is 0 Å². The van der Waals surface area contributed by atoms with Gasteiger partial charge in [-0.25, -0.2) is 0 Å². The van der Waals surface area contributed by atoms with Crippen molar-refractivity contribution in [2.75, 3.05) is 13.7 Å². The number of halogens is 1. The molecule has 1 saturated heterocycles. The van der Waals surface area contributed by atoms with E-state index >= 15 is 0 Å². The van der Waals surface area contributed by atoms with Gasteiger partial charge in [-0.3, -0.25) is 0 Å². The number of rotatable bonds is 2. The highest BCUT2D eigenvalue weighted by Crippen LogP contribution is 2.40. The lowest BCUT2D eigenvalue weighted by atomic mass is 9.86. The summed E-state index contributed by atoms with van der Waals surface area (Å²) < 4.78 is 6.65. The van der Waals surface area contributed by atoms with Crippen molar-refractivity contribution >= 4 is 15.9 Å². The fraction of sp³-hybridized carbons (Fsp3) is 0.538. The molecule has 1 unspecified atom stereocenters. The molecule has 1 aromatic rings. The van der Waals surface area contributed by atoms with E-state index in [9.17, 15) is 0 Å². The maximum absolute atomic E-state index is 5.50. The van der Waals surface area contributed by atoms with Gasteiger partial charge in [0, 0.05) is 15.6 Å². The number of methoxy groups -OCH3 is 1. The molecule has 1 N–H and O–H groups in total. The normalized spacial score (nSPS) is 24.8. The second kappa shape index (κ2) is 4.38. The number of ether oxygens (including phenoxy) is 1. The lowest BCUT2D eigenvalue weighted by molar-refractivity contribution is 0.369. The molecule has 0 amide bonds. The van der Waals surface area contributed by atoms with E-state index in [0.717, 1.165) is 16.8 Å². The molecule has 1 heterocycles. The highest BCUT2D eigenvalue weighted by atomic mass is 79.9. The van der Waals surface area contributed by atoms with Gasteiger partial charge < -0.3 is 10.1 Å². The zero-order chi connectivity index (χ0) is 11.8. The standard InChI is InChI=1S/C13H18BrNO/c1-9-10(14)5-6-11(16-3)12(9)13(2)7-4-8-15-13/h5-6,15H,4,7-8H2,1-3H3. The fourth-order valence-corrected chi connectivity index (χ4v) is 2.96. The summed E-state index contributed by atoms with van der Waals surface area (Å²) in [4.78, 5) is 0. The van der Waals surface area contributed by atoms with E-state index in [1.807, 2.05) is 6.07 Å². The topological polar surface area (TPSA) is 21.3 Å². The molecule has 1 atom stereocenters. The van der Waals surface area contributed by atoms with Gasteiger partial charge >= 0.3 is 0 Å². The van der Waals surface area contributed by atoms with Crippen LogP contribution in [0, 0.1) is 6.92 Å². The van der Waals surface area contributed by atoms with Crippen molar-refractivity contribution in [2.45, 2.75) is 32.2 Å². The van der Waals surface area contributed by atoms with Gasteiger partial charge in [-0.2, -0.15) is 0 Å². The molecule has 0 bridgehead atoms. The predicted octanol–water partition coefficient (Wildman–Crippen LogP) is 3.36. The molecule has 88 valence electrons. The Morgan fingerprint density at radius 3 is 2.75 bits per heavy atom. The quantitative estimate of drug-likeness (QED) is 0.899. The first-order valence-electron chi connectivity index (χ1n) is 5.67. The maximum atomic E-state index is 5.50. The van der Waals surface area contributed by atoms with Gasteiger partial charge in [-0.05, 0) is 50.9 Å². The molecule has 0 aromatic heterocycles. The van der Waals surface area contributed by atoms with E-state index in [2.05, 4.69) is 41.2 Å². The molecule has 2 nitrogen and oxygen atoms in total. The molecule has 1 aliphatic rings. The van der Waals surface area contributed by atoms with Gasteiger partial charge in [-0.15, -0.1) is 0 Å². The molecule has 1 fully saturated rings. The van der Waals surface area contributed by atoms with Gasteiger partial charge in [0.15, 0.2) is 0 Å². The van der Waals surface area contributed by atoms with Crippen LogP contribution in [0.4, 0.5) is 0 Å². The van der Waals surface area contributed by atoms with E-state index in [1.54, 1.807) is 7.11 Å². The van der Waals surface area contributed by atoms with Crippen molar-refractivity contribution in [3.05, 3.63) is 27.7 Å². The fourth-order valence-electron chi connectivity index (χ4n) is 2.63. The summed E-state index contributed by atoms with van der Waals surface area (Å²) in [7, 11) is 1.74. The lowest BCUT2D eigenvalue weighted by Crippen LogP contribution is -2.34. The third-order valence-electron chi connectivity index (χ3n) is 3.50. The monoisotopic (exact) mass is 283 g/mol. The molecule has 0 saturated carbocycles. The zero-order valence-corrected chi connectivity index (χ0v) is 11.6. The van der Waals surface area contributed by atoms with Gasteiger partial charge in [0.05, 0.1) is 7.11 Å². The van der Waals surface area contributed by atoms with Crippen LogP contribution in [-0.2, 0) is 5.54 Å². The second-order valence-electron chi connectivity index (χ2n) is 4.61. The van der Waals surface area contributed by atoms with Crippen LogP contribution in [0.5, 0.6) is 5.75 Å². The average Bonchev–Trinajstić information content (AvgIpc) is 2.69. The Hall–Kier alpha value is -0.540. The summed E-state index contributed by atoms with van der Waals surface area (Å²) in [5, 5.41) is 3.59. The summed E-state index contributed by atoms with van der Waals surface area (Å²) in [5.74, 6) is 0.984. The zero-order valence-electron chi connectivity index (χ0n) is 10.1. The van der Waals surface area contributed by atoms with Crippen LogP contribution in [-0.4, -0.2) is 13.7 Å². The third-order valence-corrected chi connectivity index (χ3v) is 4.36. The van der Waals surface area contributed by atoms with Crippen molar-refractivity contribution in [3.63, 3.8) is 0 Å². The summed E-state index contributed by atoms with van der Waals surface area (Å²) in [6.45, 7) is 5.50. The molecule has 2 rings (SSSR count). The van der Waals surface area contributed by atoms with Crippen molar-refractivity contribution in [1.29, 1.82) is 0 Å². The van der Waals surface area contributed by atoms with Gasteiger partial charge in [0.2, 0.25) is 0 Å². The van der Waals surface area contributed by atoms with Crippen LogP contribution in [0.3, 0.4) is 0 Å². The molecule has 16 heavy (non-hydrogen) atoms. The Morgan fingerprint density at radius 2 is 2.19 bits per heavy atom. The Balaban J connectivity index is 2.56. The summed E-state index contributed by atoms with van der Waals surface area (Å²) in [6, 6.07) is 4.09. The second-order valence-corrected chi connectivity index (χ2v) is 5.47. The Morgan fingerprint density at radius 1 is 1.44 bits per heavy atom. The molecule has 0 aliphatic carbocycles. The first-order chi connectivity index (χ1) is 7.58. The summed E-state index contributed by atoms with van der Waals surface area (Å²) in [6.07, 6.45) is 2.40. The minimum atomic E-state index is 0.0548. The minimum Gasteiger partial charge on any atom is -0.496 e. The highest BCUT2D eigenvalue weighted by molar-refractivity contribution is 9.10. The number of benzene rings is 1. The molecule has 0 spiro atoms. The smallest absolute Gasteiger partial charge is 0.124 e. The maximum Gasteiger partial charge on any atom is 0.124 e. The Bertz CT molecular complexity index is 397. The highest BCUT2D eigenvalue weighted by Gasteiger charge is 2.34. The lowest BCUT2D eigenvalue weighted by Gasteiger charge is -2.29.